The molecule has 3 aromatic heterocycles. The fourth-order valence-corrected chi connectivity index (χ4v) is 3.34. The molecule has 4 rings (SSSR count). The molecule has 3 heterocycles. The van der Waals surface area contributed by atoms with Gasteiger partial charge < -0.3 is 11.1 Å². The lowest BCUT2D eigenvalue weighted by Crippen LogP contribution is -2.36. The van der Waals surface area contributed by atoms with Crippen molar-refractivity contribution in [3.63, 3.8) is 0 Å². The van der Waals surface area contributed by atoms with Crippen molar-refractivity contribution < 1.29 is 4.79 Å². The molecule has 1 saturated carbocycles. The average Bonchev–Trinajstić information content (AvgIpc) is 3.26. The number of anilines is 2. The summed E-state index contributed by atoms with van der Waals surface area (Å²) in [4.78, 5) is 21.1. The Balaban J connectivity index is 1.59. The molecule has 1 aliphatic carbocycles. The number of carbonyl (C=O) groups excluding carboxylic acids is 1. The molecule has 0 spiro atoms. The van der Waals surface area contributed by atoms with E-state index in [1.165, 1.54) is 12.8 Å². The molecule has 1 fully saturated rings. The number of carbonyl (C=O) groups is 1. The third-order valence-corrected chi connectivity index (χ3v) is 4.65. The number of pyridine rings is 2. The van der Waals surface area contributed by atoms with Crippen LogP contribution in [0.25, 0.3) is 22.2 Å². The largest absolute Gasteiger partial charge is 0.383 e. The molecule has 134 valence electrons. The number of rotatable bonds is 3. The van der Waals surface area contributed by atoms with Crippen molar-refractivity contribution >= 4 is 28.7 Å². The highest BCUT2D eigenvalue weighted by Crippen LogP contribution is 2.27. The number of amides is 2. The van der Waals surface area contributed by atoms with Crippen LogP contribution in [-0.2, 0) is 7.05 Å². The third kappa shape index (κ3) is 3.30. The zero-order chi connectivity index (χ0) is 18.1. The first kappa shape index (κ1) is 16.3. The second-order valence-electron chi connectivity index (χ2n) is 6.64. The second-order valence-corrected chi connectivity index (χ2v) is 6.64. The van der Waals surface area contributed by atoms with Gasteiger partial charge in [0.1, 0.15) is 11.6 Å². The van der Waals surface area contributed by atoms with Crippen molar-refractivity contribution in [2.45, 2.75) is 31.7 Å². The van der Waals surface area contributed by atoms with E-state index in [-0.39, 0.29) is 12.1 Å². The van der Waals surface area contributed by atoms with Gasteiger partial charge in [-0.25, -0.2) is 14.8 Å². The van der Waals surface area contributed by atoms with Gasteiger partial charge in [0, 0.05) is 30.4 Å². The first-order valence-corrected chi connectivity index (χ1v) is 8.72. The van der Waals surface area contributed by atoms with Crippen molar-refractivity contribution in [3.8, 4) is 11.1 Å². The highest BCUT2D eigenvalue weighted by molar-refractivity contribution is 5.91. The minimum Gasteiger partial charge on any atom is -0.383 e. The summed E-state index contributed by atoms with van der Waals surface area (Å²) in [6.45, 7) is 0. The summed E-state index contributed by atoms with van der Waals surface area (Å²) in [7, 11) is 1.84. The Hall–Kier alpha value is -3.16. The van der Waals surface area contributed by atoms with Crippen molar-refractivity contribution in [2.24, 2.45) is 7.05 Å². The average molecular weight is 351 g/mol. The van der Waals surface area contributed by atoms with Crippen LogP contribution in [0.15, 0.2) is 30.6 Å². The van der Waals surface area contributed by atoms with Crippen LogP contribution in [0.3, 0.4) is 0 Å². The van der Waals surface area contributed by atoms with Crippen LogP contribution in [0, 0.1) is 0 Å². The predicted molar refractivity (Wildman–Crippen MR) is 101 cm³/mol. The van der Waals surface area contributed by atoms with Crippen LogP contribution in [-0.4, -0.2) is 31.8 Å². The van der Waals surface area contributed by atoms with E-state index in [9.17, 15) is 4.79 Å². The summed E-state index contributed by atoms with van der Waals surface area (Å²) >= 11 is 0. The Morgan fingerprint density at radius 3 is 2.77 bits per heavy atom. The molecule has 0 atom stereocenters. The van der Waals surface area contributed by atoms with Crippen LogP contribution in [0.1, 0.15) is 25.7 Å². The topological polar surface area (TPSA) is 111 Å². The van der Waals surface area contributed by atoms with Gasteiger partial charge >= 0.3 is 6.03 Å². The van der Waals surface area contributed by atoms with Crippen molar-refractivity contribution in [1.82, 2.24) is 25.1 Å². The summed E-state index contributed by atoms with van der Waals surface area (Å²) in [6, 6.07) is 5.44. The minimum atomic E-state index is -0.223. The normalized spacial score (nSPS) is 14.7. The second kappa shape index (κ2) is 6.62. The monoisotopic (exact) mass is 351 g/mol. The molecule has 8 nitrogen and oxygen atoms in total. The predicted octanol–water partition coefficient (Wildman–Crippen LogP) is 2.68. The Bertz CT molecular complexity index is 959. The van der Waals surface area contributed by atoms with Gasteiger partial charge in [-0.15, -0.1) is 0 Å². The summed E-state index contributed by atoms with van der Waals surface area (Å²) in [5, 5.41) is 9.96. The summed E-state index contributed by atoms with van der Waals surface area (Å²) in [5.74, 6) is 0.906. The molecule has 0 unspecified atom stereocenters. The van der Waals surface area contributed by atoms with E-state index in [4.69, 9.17) is 5.73 Å². The molecule has 0 bridgehead atoms. The van der Waals surface area contributed by atoms with E-state index >= 15 is 0 Å². The molecule has 0 saturated heterocycles. The lowest BCUT2D eigenvalue weighted by atomic mass is 10.1. The number of hydrogen-bond donors (Lipinski definition) is 3. The highest BCUT2D eigenvalue weighted by atomic mass is 16.2. The first-order chi connectivity index (χ1) is 12.6. The Morgan fingerprint density at radius 1 is 1.23 bits per heavy atom. The number of aromatic nitrogens is 4. The minimum absolute atomic E-state index is 0.223. The number of nitrogens with one attached hydrogen (secondary N) is 2. The standard InChI is InChI=1S/C18H21N7O/c1-25-10-11(9-20-25)13-8-15-14(23-17(13)19)6-7-16(22-15)24-18(26)21-12-4-2-3-5-12/h6-10,12H,2-5H2,1H3,(H2,19,23)(H2,21,22,24,26). The van der Waals surface area contributed by atoms with Gasteiger partial charge in [-0.3, -0.25) is 10.00 Å². The Labute approximate surface area is 150 Å². The van der Waals surface area contributed by atoms with Crippen LogP contribution in [0.2, 0.25) is 0 Å². The summed E-state index contributed by atoms with van der Waals surface area (Å²) in [5.41, 5.74) is 9.07. The van der Waals surface area contributed by atoms with Gasteiger partial charge in [0.15, 0.2) is 0 Å². The molecular weight excluding hydrogens is 330 g/mol. The Kier molecular flexibility index (Phi) is 4.16. The number of nitrogens with zero attached hydrogens (tertiary/aromatic N) is 4. The molecular formula is C18H21N7O. The number of hydrogen-bond acceptors (Lipinski definition) is 5. The van der Waals surface area contributed by atoms with Gasteiger partial charge in [0.2, 0.25) is 0 Å². The summed E-state index contributed by atoms with van der Waals surface area (Å²) in [6.07, 6.45) is 8.02. The number of nitrogen functional groups attached to an aromatic ring is 1. The molecule has 0 aliphatic heterocycles. The molecule has 2 amide bonds. The fourth-order valence-electron chi connectivity index (χ4n) is 3.34. The Morgan fingerprint density at radius 2 is 2.04 bits per heavy atom. The lowest BCUT2D eigenvalue weighted by Gasteiger charge is -2.13. The van der Waals surface area contributed by atoms with E-state index in [2.05, 4.69) is 25.7 Å². The smallest absolute Gasteiger partial charge is 0.320 e. The molecule has 0 radical (unpaired) electrons. The molecule has 0 aromatic carbocycles. The number of fused-ring (bicyclic) bond motifs is 1. The molecule has 4 N–H and O–H groups in total. The maximum Gasteiger partial charge on any atom is 0.320 e. The number of urea groups is 1. The number of nitrogens with two attached hydrogens (primary N) is 1. The van der Waals surface area contributed by atoms with Crippen LogP contribution < -0.4 is 16.4 Å². The van der Waals surface area contributed by atoms with Crippen molar-refractivity contribution in [2.75, 3.05) is 11.1 Å². The molecule has 1 aliphatic rings. The van der Waals surface area contributed by atoms with Crippen molar-refractivity contribution in [3.05, 3.63) is 30.6 Å². The zero-order valence-electron chi connectivity index (χ0n) is 14.6. The molecule has 3 aromatic rings. The van der Waals surface area contributed by atoms with Gasteiger partial charge in [-0.1, -0.05) is 12.8 Å². The van der Waals surface area contributed by atoms with Crippen LogP contribution in [0.4, 0.5) is 16.4 Å². The van der Waals surface area contributed by atoms with E-state index in [0.717, 1.165) is 24.0 Å². The van der Waals surface area contributed by atoms with E-state index < -0.39 is 0 Å². The third-order valence-electron chi connectivity index (χ3n) is 4.65. The van der Waals surface area contributed by atoms with Crippen molar-refractivity contribution in [1.29, 1.82) is 0 Å². The van der Waals surface area contributed by atoms with Gasteiger partial charge in [0.05, 0.1) is 17.2 Å². The maximum atomic E-state index is 12.1. The molecule has 26 heavy (non-hydrogen) atoms. The van der Waals surface area contributed by atoms with Crippen LogP contribution >= 0.6 is 0 Å². The highest BCUT2D eigenvalue weighted by Gasteiger charge is 2.17. The van der Waals surface area contributed by atoms with Crippen LogP contribution in [0.5, 0.6) is 0 Å². The van der Waals surface area contributed by atoms with E-state index in [1.807, 2.05) is 19.3 Å². The molecule has 8 heteroatoms. The number of aryl methyl sites for hydroxylation is 1. The van der Waals surface area contributed by atoms with Gasteiger partial charge in [-0.2, -0.15) is 5.10 Å². The SMILES string of the molecule is Cn1cc(-c2cc3nc(NC(=O)NC4CCCC4)ccc3nc2N)cn1. The first-order valence-electron chi connectivity index (χ1n) is 8.72. The zero-order valence-corrected chi connectivity index (χ0v) is 14.6. The van der Waals surface area contributed by atoms with Gasteiger partial charge in [0.25, 0.3) is 0 Å². The van der Waals surface area contributed by atoms with Gasteiger partial charge in [-0.05, 0) is 31.0 Å². The lowest BCUT2D eigenvalue weighted by molar-refractivity contribution is 0.248. The fraction of sp³-hybridized carbons (Fsp3) is 0.333. The quantitative estimate of drug-likeness (QED) is 0.672. The van der Waals surface area contributed by atoms with E-state index in [0.29, 0.717) is 22.7 Å². The summed E-state index contributed by atoms with van der Waals surface area (Å²) < 4.78 is 1.71. The maximum absolute atomic E-state index is 12.1. The van der Waals surface area contributed by atoms with E-state index in [1.54, 1.807) is 23.0 Å².